The van der Waals surface area contributed by atoms with Crippen LogP contribution in [0.15, 0.2) is 11.4 Å². The molecular weight excluding hydrogens is 244 g/mol. The number of amides is 1. The molecule has 1 amide bonds. The van der Waals surface area contributed by atoms with Crippen LogP contribution in [-0.2, 0) is 0 Å². The Balaban J connectivity index is 1.47. The Morgan fingerprint density at radius 1 is 1.50 bits per heavy atom. The van der Waals surface area contributed by atoms with Crippen LogP contribution in [0, 0.1) is 12.8 Å². The van der Waals surface area contributed by atoms with Crippen LogP contribution < -0.4 is 5.32 Å². The molecule has 1 aliphatic carbocycles. The molecule has 1 saturated carbocycles. The van der Waals surface area contributed by atoms with Crippen LogP contribution in [0.1, 0.15) is 34.5 Å². The van der Waals surface area contributed by atoms with Crippen LogP contribution in [-0.4, -0.2) is 36.5 Å². The van der Waals surface area contributed by atoms with Gasteiger partial charge in [-0.3, -0.25) is 4.79 Å². The van der Waals surface area contributed by atoms with E-state index in [-0.39, 0.29) is 5.91 Å². The lowest BCUT2D eigenvalue weighted by Crippen LogP contribution is -2.31. The summed E-state index contributed by atoms with van der Waals surface area (Å²) >= 11 is 1.53. The second kappa shape index (κ2) is 5.02. The maximum atomic E-state index is 12.0. The summed E-state index contributed by atoms with van der Waals surface area (Å²) in [7, 11) is 0. The number of carbonyl (C=O) groups excluding carboxylic acids is 1. The van der Waals surface area contributed by atoms with Crippen LogP contribution in [0.5, 0.6) is 0 Å². The van der Waals surface area contributed by atoms with Crippen molar-refractivity contribution in [1.82, 2.24) is 10.2 Å². The van der Waals surface area contributed by atoms with E-state index in [0.717, 1.165) is 23.0 Å². The fraction of sp³-hybridized carbons (Fsp3) is 0.643. The highest BCUT2D eigenvalue weighted by Crippen LogP contribution is 2.31. The number of nitrogens with zero attached hydrogens (tertiary/aromatic N) is 1. The molecule has 2 aliphatic rings. The average molecular weight is 264 g/mol. The van der Waals surface area contributed by atoms with E-state index >= 15 is 0 Å². The van der Waals surface area contributed by atoms with E-state index in [0.29, 0.717) is 5.92 Å². The molecule has 3 rings (SSSR count). The van der Waals surface area contributed by atoms with Gasteiger partial charge in [-0.2, -0.15) is 0 Å². The van der Waals surface area contributed by atoms with Crippen molar-refractivity contribution in [3.05, 3.63) is 21.9 Å². The number of rotatable bonds is 4. The number of aryl methyl sites for hydroxylation is 1. The van der Waals surface area contributed by atoms with E-state index in [1.807, 2.05) is 18.4 Å². The fourth-order valence-electron chi connectivity index (χ4n) is 2.72. The molecule has 18 heavy (non-hydrogen) atoms. The molecule has 2 fully saturated rings. The summed E-state index contributed by atoms with van der Waals surface area (Å²) in [5, 5.41) is 5.07. The Kier molecular flexibility index (Phi) is 3.39. The van der Waals surface area contributed by atoms with Crippen molar-refractivity contribution in [2.75, 3.05) is 19.6 Å². The van der Waals surface area contributed by atoms with Crippen LogP contribution >= 0.6 is 11.3 Å². The zero-order valence-corrected chi connectivity index (χ0v) is 11.6. The van der Waals surface area contributed by atoms with Crippen LogP contribution in [0.3, 0.4) is 0 Å². The number of hydrogen-bond donors (Lipinski definition) is 1. The minimum absolute atomic E-state index is 0.104. The molecule has 1 N–H and O–H groups in total. The molecule has 0 aromatic carbocycles. The molecule has 1 aromatic heterocycles. The molecule has 1 aliphatic heterocycles. The fourth-order valence-corrected chi connectivity index (χ4v) is 3.56. The molecule has 1 aromatic rings. The van der Waals surface area contributed by atoms with Gasteiger partial charge >= 0.3 is 0 Å². The minimum atomic E-state index is 0.104. The van der Waals surface area contributed by atoms with E-state index < -0.39 is 0 Å². The van der Waals surface area contributed by atoms with E-state index in [1.165, 1.54) is 43.7 Å². The first-order valence-corrected chi connectivity index (χ1v) is 7.68. The number of nitrogens with one attached hydrogen (secondary N) is 1. The van der Waals surface area contributed by atoms with Crippen LogP contribution in [0.2, 0.25) is 0 Å². The van der Waals surface area contributed by atoms with E-state index in [1.54, 1.807) is 0 Å². The minimum Gasteiger partial charge on any atom is -0.351 e. The number of hydrogen-bond acceptors (Lipinski definition) is 3. The van der Waals surface area contributed by atoms with Gasteiger partial charge in [-0.25, -0.2) is 0 Å². The molecule has 4 heteroatoms. The maximum Gasteiger partial charge on any atom is 0.261 e. The zero-order valence-electron chi connectivity index (χ0n) is 10.8. The first kappa shape index (κ1) is 12.2. The highest BCUT2D eigenvalue weighted by molar-refractivity contribution is 7.12. The summed E-state index contributed by atoms with van der Waals surface area (Å²) in [4.78, 5) is 15.5. The second-order valence-electron chi connectivity index (χ2n) is 5.52. The quantitative estimate of drug-likeness (QED) is 0.905. The summed E-state index contributed by atoms with van der Waals surface area (Å²) in [6.45, 7) is 5.23. The van der Waals surface area contributed by atoms with E-state index in [9.17, 15) is 4.79 Å². The second-order valence-corrected chi connectivity index (χ2v) is 6.44. The molecule has 0 bridgehead atoms. The third-order valence-corrected chi connectivity index (χ3v) is 5.02. The Bertz CT molecular complexity index is 439. The first-order valence-electron chi connectivity index (χ1n) is 6.80. The lowest BCUT2D eigenvalue weighted by atomic mass is 10.1. The summed E-state index contributed by atoms with van der Waals surface area (Å²) < 4.78 is 0. The number of thiophene rings is 1. The molecule has 0 radical (unpaired) electrons. The topological polar surface area (TPSA) is 32.3 Å². The van der Waals surface area contributed by atoms with Crippen molar-refractivity contribution in [3.63, 3.8) is 0 Å². The predicted octanol–water partition coefficient (Wildman–Crippen LogP) is 2.27. The van der Waals surface area contributed by atoms with Gasteiger partial charge in [0.25, 0.3) is 5.91 Å². The Labute approximate surface area is 112 Å². The summed E-state index contributed by atoms with van der Waals surface area (Å²) in [6, 6.07) is 2.87. The molecule has 1 unspecified atom stereocenters. The molecule has 1 saturated heterocycles. The normalized spacial score (nSPS) is 24.4. The van der Waals surface area contributed by atoms with Gasteiger partial charge in [0.1, 0.15) is 0 Å². The standard InChI is InChI=1S/C14H20N2OS/c1-10-5-7-18-13(10)14(17)15-8-11-4-6-16(9-11)12-2-3-12/h5,7,11-12H,2-4,6,8-9H2,1H3,(H,15,17). The van der Waals surface area contributed by atoms with Gasteiger partial charge in [0.05, 0.1) is 4.88 Å². The van der Waals surface area contributed by atoms with Crippen molar-refractivity contribution >= 4 is 17.2 Å². The van der Waals surface area contributed by atoms with Crippen molar-refractivity contribution in [1.29, 1.82) is 0 Å². The van der Waals surface area contributed by atoms with Gasteiger partial charge in [-0.05, 0) is 55.7 Å². The highest BCUT2D eigenvalue weighted by atomic mass is 32.1. The smallest absolute Gasteiger partial charge is 0.261 e. The summed E-state index contributed by atoms with van der Waals surface area (Å²) in [6.07, 6.45) is 4.00. The van der Waals surface area contributed by atoms with Crippen molar-refractivity contribution in [2.24, 2.45) is 5.92 Å². The van der Waals surface area contributed by atoms with Gasteiger partial charge < -0.3 is 10.2 Å². The molecule has 1 atom stereocenters. The third-order valence-electron chi connectivity index (χ3n) is 4.00. The Morgan fingerprint density at radius 2 is 2.33 bits per heavy atom. The molecule has 2 heterocycles. The van der Waals surface area contributed by atoms with E-state index in [4.69, 9.17) is 0 Å². The van der Waals surface area contributed by atoms with Gasteiger partial charge in [0.15, 0.2) is 0 Å². The van der Waals surface area contributed by atoms with Gasteiger partial charge in [-0.15, -0.1) is 11.3 Å². The van der Waals surface area contributed by atoms with Crippen molar-refractivity contribution in [3.8, 4) is 0 Å². The van der Waals surface area contributed by atoms with Crippen molar-refractivity contribution < 1.29 is 4.79 Å². The highest BCUT2D eigenvalue weighted by Gasteiger charge is 2.34. The first-order chi connectivity index (χ1) is 8.74. The van der Waals surface area contributed by atoms with E-state index in [2.05, 4.69) is 10.2 Å². The maximum absolute atomic E-state index is 12.0. The van der Waals surface area contributed by atoms with Crippen molar-refractivity contribution in [2.45, 2.75) is 32.2 Å². The summed E-state index contributed by atoms with van der Waals surface area (Å²) in [5.41, 5.74) is 1.09. The number of likely N-dealkylation sites (tertiary alicyclic amines) is 1. The molecule has 3 nitrogen and oxygen atoms in total. The van der Waals surface area contributed by atoms with Gasteiger partial charge in [-0.1, -0.05) is 0 Å². The number of carbonyl (C=O) groups is 1. The molecule has 0 spiro atoms. The lowest BCUT2D eigenvalue weighted by molar-refractivity contribution is 0.0951. The Hall–Kier alpha value is -0.870. The Morgan fingerprint density at radius 3 is 3.00 bits per heavy atom. The summed E-state index contributed by atoms with van der Waals surface area (Å²) in [5.74, 6) is 0.752. The third kappa shape index (κ3) is 2.59. The molecule has 98 valence electrons. The average Bonchev–Trinajstić information content (AvgIpc) is 2.95. The van der Waals surface area contributed by atoms with Crippen LogP contribution in [0.4, 0.5) is 0 Å². The molecular formula is C14H20N2OS. The SMILES string of the molecule is Cc1ccsc1C(=O)NCC1CCN(C2CC2)C1. The largest absolute Gasteiger partial charge is 0.351 e. The lowest BCUT2D eigenvalue weighted by Gasteiger charge is -2.15. The monoisotopic (exact) mass is 264 g/mol. The zero-order chi connectivity index (χ0) is 12.5. The van der Waals surface area contributed by atoms with Gasteiger partial charge in [0.2, 0.25) is 0 Å². The van der Waals surface area contributed by atoms with Gasteiger partial charge in [0, 0.05) is 19.1 Å². The predicted molar refractivity (Wildman–Crippen MR) is 74.1 cm³/mol. The van der Waals surface area contributed by atoms with Crippen LogP contribution in [0.25, 0.3) is 0 Å².